The third-order valence-corrected chi connectivity index (χ3v) is 5.13. The molecular formula is C22H22FN5O2. The highest BCUT2D eigenvalue weighted by molar-refractivity contribution is 5.90. The van der Waals surface area contributed by atoms with Crippen LogP contribution in [0.3, 0.4) is 0 Å². The first-order chi connectivity index (χ1) is 14.5. The second-order valence-electron chi connectivity index (χ2n) is 7.14. The first-order valence-electron chi connectivity index (χ1n) is 9.74. The molecule has 1 aromatic heterocycles. The number of hydrogen-bond donors (Lipinski definition) is 1. The van der Waals surface area contributed by atoms with Crippen molar-refractivity contribution < 1.29 is 9.18 Å². The molecule has 1 N–H and O–H groups in total. The quantitative estimate of drug-likeness (QED) is 0.725. The van der Waals surface area contributed by atoms with Gasteiger partial charge in [0.15, 0.2) is 0 Å². The van der Waals surface area contributed by atoms with E-state index in [1.807, 2.05) is 36.1 Å². The number of piperazine rings is 1. The summed E-state index contributed by atoms with van der Waals surface area (Å²) in [5.41, 5.74) is 2.02. The molecule has 2 aromatic carbocycles. The predicted octanol–water partition coefficient (Wildman–Crippen LogP) is 3.03. The molecule has 0 aliphatic carbocycles. The van der Waals surface area contributed by atoms with Crippen molar-refractivity contribution in [3.8, 4) is 5.69 Å². The molecule has 0 saturated carbocycles. The number of nitrogens with zero attached hydrogens (tertiary/aromatic N) is 4. The number of carbonyl (C=O) groups is 1. The van der Waals surface area contributed by atoms with Crippen molar-refractivity contribution in [2.45, 2.75) is 6.92 Å². The summed E-state index contributed by atoms with van der Waals surface area (Å²) >= 11 is 0. The van der Waals surface area contributed by atoms with Crippen molar-refractivity contribution in [3.63, 3.8) is 0 Å². The van der Waals surface area contributed by atoms with E-state index in [1.165, 1.54) is 35.0 Å². The van der Waals surface area contributed by atoms with Gasteiger partial charge in [-0.25, -0.2) is 9.18 Å². The van der Waals surface area contributed by atoms with Gasteiger partial charge >= 0.3 is 6.03 Å². The largest absolute Gasteiger partial charge is 0.352 e. The Morgan fingerprint density at radius 1 is 0.967 bits per heavy atom. The zero-order chi connectivity index (χ0) is 21.1. The molecule has 0 bridgehead atoms. The van der Waals surface area contributed by atoms with Gasteiger partial charge in [-0.3, -0.25) is 4.79 Å². The fraction of sp³-hybridized carbons (Fsp3) is 0.227. The Kier molecular flexibility index (Phi) is 5.47. The number of benzene rings is 2. The third kappa shape index (κ3) is 4.17. The summed E-state index contributed by atoms with van der Waals surface area (Å²) in [4.78, 5) is 28.6. The van der Waals surface area contributed by atoms with Crippen LogP contribution < -0.4 is 15.8 Å². The Labute approximate surface area is 173 Å². The highest BCUT2D eigenvalue weighted by Gasteiger charge is 2.22. The van der Waals surface area contributed by atoms with Crippen LogP contribution in [-0.2, 0) is 0 Å². The van der Waals surface area contributed by atoms with Gasteiger partial charge in [0.2, 0.25) is 0 Å². The lowest BCUT2D eigenvalue weighted by molar-refractivity contribution is 0.208. The number of hydrogen-bond acceptors (Lipinski definition) is 4. The summed E-state index contributed by atoms with van der Waals surface area (Å²) in [6, 6.07) is 16.3. The van der Waals surface area contributed by atoms with Crippen LogP contribution in [0.15, 0.2) is 65.5 Å². The molecule has 0 spiro atoms. The van der Waals surface area contributed by atoms with Gasteiger partial charge in [-0.15, -0.1) is 5.10 Å². The predicted molar refractivity (Wildman–Crippen MR) is 114 cm³/mol. The maximum atomic E-state index is 13.2. The number of urea groups is 1. The number of amides is 2. The van der Waals surface area contributed by atoms with Crippen LogP contribution >= 0.6 is 0 Å². The van der Waals surface area contributed by atoms with Gasteiger partial charge in [0.1, 0.15) is 11.6 Å². The Balaban J connectivity index is 1.43. The third-order valence-electron chi connectivity index (χ3n) is 5.13. The molecule has 0 unspecified atom stereocenters. The number of nitrogens with one attached hydrogen (secondary N) is 1. The molecule has 154 valence electrons. The van der Waals surface area contributed by atoms with Crippen molar-refractivity contribution in [3.05, 3.63) is 82.4 Å². The van der Waals surface area contributed by atoms with Gasteiger partial charge in [-0.2, -0.15) is 4.68 Å². The van der Waals surface area contributed by atoms with Crippen molar-refractivity contribution in [1.29, 1.82) is 0 Å². The van der Waals surface area contributed by atoms with Crippen LogP contribution in [0.2, 0.25) is 0 Å². The number of anilines is 2. The number of para-hydroxylation sites is 1. The number of aryl methyl sites for hydroxylation is 1. The second-order valence-corrected chi connectivity index (χ2v) is 7.14. The topological polar surface area (TPSA) is 70.5 Å². The minimum Gasteiger partial charge on any atom is -0.352 e. The van der Waals surface area contributed by atoms with Crippen molar-refractivity contribution in [2.75, 3.05) is 36.4 Å². The Bertz CT molecular complexity index is 1110. The van der Waals surface area contributed by atoms with E-state index in [0.717, 1.165) is 11.3 Å². The summed E-state index contributed by atoms with van der Waals surface area (Å²) < 4.78 is 14.4. The van der Waals surface area contributed by atoms with E-state index in [1.54, 1.807) is 11.0 Å². The zero-order valence-corrected chi connectivity index (χ0v) is 16.6. The maximum absolute atomic E-state index is 13.2. The van der Waals surface area contributed by atoms with Crippen LogP contribution in [0.5, 0.6) is 0 Å². The van der Waals surface area contributed by atoms with Crippen LogP contribution in [0.1, 0.15) is 5.56 Å². The average Bonchev–Trinajstić information content (AvgIpc) is 2.76. The smallest absolute Gasteiger partial charge is 0.321 e. The summed E-state index contributed by atoms with van der Waals surface area (Å²) in [6.07, 6.45) is 0. The summed E-state index contributed by atoms with van der Waals surface area (Å²) in [5.74, 6) is 0.265. The van der Waals surface area contributed by atoms with Crippen molar-refractivity contribution in [1.82, 2.24) is 14.7 Å². The lowest BCUT2D eigenvalue weighted by Crippen LogP contribution is -2.50. The van der Waals surface area contributed by atoms with E-state index in [4.69, 9.17) is 0 Å². The van der Waals surface area contributed by atoms with Crippen LogP contribution in [0.4, 0.5) is 20.7 Å². The first kappa shape index (κ1) is 19.6. The van der Waals surface area contributed by atoms with Gasteiger partial charge in [0.25, 0.3) is 5.56 Å². The summed E-state index contributed by atoms with van der Waals surface area (Å²) in [7, 11) is 0. The Hall–Kier alpha value is -3.68. The van der Waals surface area contributed by atoms with Gasteiger partial charge < -0.3 is 15.1 Å². The molecule has 1 aliphatic rings. The normalized spacial score (nSPS) is 13.9. The fourth-order valence-electron chi connectivity index (χ4n) is 3.38. The highest BCUT2D eigenvalue weighted by Crippen LogP contribution is 2.17. The maximum Gasteiger partial charge on any atom is 0.321 e. The minimum absolute atomic E-state index is 0.131. The molecule has 7 nitrogen and oxygen atoms in total. The summed E-state index contributed by atoms with van der Waals surface area (Å²) in [5, 5.41) is 7.39. The van der Waals surface area contributed by atoms with Gasteiger partial charge in [0.05, 0.1) is 5.69 Å². The number of carbonyl (C=O) groups excluding carboxylic acids is 1. The van der Waals surface area contributed by atoms with Crippen molar-refractivity contribution >= 4 is 17.5 Å². The first-order valence-corrected chi connectivity index (χ1v) is 9.74. The summed E-state index contributed by atoms with van der Waals surface area (Å²) in [6.45, 7) is 4.21. The molecule has 1 saturated heterocycles. The standard InChI is InChI=1S/C22H22FN5O2/c1-16-4-2-3-5-19(16)24-22(30)27-14-12-26(13-15-27)20-10-11-21(29)28(25-20)18-8-6-17(23)7-9-18/h2-11H,12-15H2,1H3,(H,24,30). The fourth-order valence-corrected chi connectivity index (χ4v) is 3.38. The zero-order valence-electron chi connectivity index (χ0n) is 16.6. The molecule has 3 aromatic rings. The van der Waals surface area contributed by atoms with E-state index in [9.17, 15) is 14.0 Å². The molecule has 4 rings (SSSR count). The highest BCUT2D eigenvalue weighted by atomic mass is 19.1. The van der Waals surface area contributed by atoms with E-state index >= 15 is 0 Å². The molecule has 0 atom stereocenters. The Morgan fingerprint density at radius 3 is 2.37 bits per heavy atom. The van der Waals surface area contributed by atoms with Crippen LogP contribution in [0, 0.1) is 12.7 Å². The Morgan fingerprint density at radius 2 is 1.67 bits per heavy atom. The molecule has 2 heterocycles. The molecular weight excluding hydrogens is 385 g/mol. The van der Waals surface area contributed by atoms with Crippen LogP contribution in [-0.4, -0.2) is 46.9 Å². The monoisotopic (exact) mass is 407 g/mol. The lowest BCUT2D eigenvalue weighted by Gasteiger charge is -2.35. The minimum atomic E-state index is -0.372. The lowest BCUT2D eigenvalue weighted by atomic mass is 10.2. The molecule has 8 heteroatoms. The van der Waals surface area contributed by atoms with E-state index < -0.39 is 0 Å². The molecule has 0 radical (unpaired) electrons. The molecule has 1 fully saturated rings. The molecule has 30 heavy (non-hydrogen) atoms. The average molecular weight is 407 g/mol. The van der Waals surface area contributed by atoms with Gasteiger partial charge in [-0.1, -0.05) is 18.2 Å². The van der Waals surface area contributed by atoms with E-state index in [2.05, 4.69) is 10.4 Å². The van der Waals surface area contributed by atoms with Gasteiger partial charge in [0, 0.05) is 37.9 Å². The molecule has 1 aliphatic heterocycles. The number of rotatable bonds is 3. The number of halogens is 1. The van der Waals surface area contributed by atoms with Crippen molar-refractivity contribution in [2.24, 2.45) is 0 Å². The van der Waals surface area contributed by atoms with E-state index in [0.29, 0.717) is 37.7 Å². The van der Waals surface area contributed by atoms with Gasteiger partial charge in [-0.05, 0) is 48.9 Å². The second kappa shape index (κ2) is 8.36. The van der Waals surface area contributed by atoms with E-state index in [-0.39, 0.29) is 17.4 Å². The number of aromatic nitrogens is 2. The van der Waals surface area contributed by atoms with Crippen LogP contribution in [0.25, 0.3) is 5.69 Å². The molecule has 2 amide bonds. The SMILES string of the molecule is Cc1ccccc1NC(=O)N1CCN(c2ccc(=O)n(-c3ccc(F)cc3)n2)CC1.